The van der Waals surface area contributed by atoms with Gasteiger partial charge in [-0.2, -0.15) is 4.98 Å². The van der Waals surface area contributed by atoms with Gasteiger partial charge in [-0.25, -0.2) is 18.6 Å². The van der Waals surface area contributed by atoms with Crippen LogP contribution >= 0.6 is 11.6 Å². The quantitative estimate of drug-likeness (QED) is 0.722. The molecule has 0 amide bonds. The van der Waals surface area contributed by atoms with Gasteiger partial charge in [0.05, 0.1) is 10.7 Å². The molecule has 0 aliphatic carbocycles. The summed E-state index contributed by atoms with van der Waals surface area (Å²) in [5, 5.41) is 8.72. The van der Waals surface area contributed by atoms with Crippen LogP contribution in [0.5, 0.6) is 5.88 Å². The molecule has 1 heterocycles. The number of halogens is 3. The van der Waals surface area contributed by atoms with Crippen molar-refractivity contribution in [1.29, 1.82) is 0 Å². The van der Waals surface area contributed by atoms with Gasteiger partial charge >= 0.3 is 5.97 Å². The van der Waals surface area contributed by atoms with Crippen molar-refractivity contribution in [2.75, 3.05) is 6.61 Å². The molecule has 0 saturated carbocycles. The van der Waals surface area contributed by atoms with E-state index in [4.69, 9.17) is 21.4 Å². The number of benzene rings is 2. The first-order chi connectivity index (χ1) is 12.4. The number of aliphatic carboxylic acids is 1. The van der Waals surface area contributed by atoms with Crippen LogP contribution in [0.1, 0.15) is 0 Å². The average Bonchev–Trinajstić information content (AvgIpc) is 2.62. The Kier molecular flexibility index (Phi) is 5.09. The Labute approximate surface area is 151 Å². The van der Waals surface area contributed by atoms with E-state index in [1.165, 1.54) is 42.5 Å². The largest absolute Gasteiger partial charge is 0.479 e. The predicted molar refractivity (Wildman–Crippen MR) is 91.0 cm³/mol. The van der Waals surface area contributed by atoms with Gasteiger partial charge in [0.1, 0.15) is 11.6 Å². The highest BCUT2D eigenvalue weighted by Gasteiger charge is 2.12. The van der Waals surface area contributed by atoms with Gasteiger partial charge < -0.3 is 9.84 Å². The molecular formula is C18H11ClF2N2O3. The zero-order valence-electron chi connectivity index (χ0n) is 13.1. The van der Waals surface area contributed by atoms with E-state index in [0.29, 0.717) is 16.8 Å². The van der Waals surface area contributed by atoms with E-state index in [0.717, 1.165) is 6.07 Å². The van der Waals surface area contributed by atoms with E-state index >= 15 is 0 Å². The van der Waals surface area contributed by atoms with E-state index in [1.54, 1.807) is 0 Å². The fourth-order valence-corrected chi connectivity index (χ4v) is 2.28. The lowest BCUT2D eigenvalue weighted by molar-refractivity contribution is -0.139. The molecule has 1 N–H and O–H groups in total. The second-order valence-corrected chi connectivity index (χ2v) is 5.64. The van der Waals surface area contributed by atoms with Gasteiger partial charge in [0.25, 0.3) is 0 Å². The van der Waals surface area contributed by atoms with Gasteiger partial charge in [-0.05, 0) is 42.5 Å². The summed E-state index contributed by atoms with van der Waals surface area (Å²) >= 11 is 5.68. The van der Waals surface area contributed by atoms with Crippen LogP contribution in [0.25, 0.3) is 22.6 Å². The molecule has 132 valence electrons. The Bertz CT molecular complexity index is 965. The monoisotopic (exact) mass is 376 g/mol. The number of nitrogens with zero attached hydrogens (tertiary/aromatic N) is 2. The Morgan fingerprint density at radius 2 is 1.73 bits per heavy atom. The van der Waals surface area contributed by atoms with Crippen molar-refractivity contribution in [3.05, 3.63) is 65.2 Å². The van der Waals surface area contributed by atoms with Crippen LogP contribution in [0, 0.1) is 11.6 Å². The molecule has 8 heteroatoms. The molecule has 26 heavy (non-hydrogen) atoms. The molecule has 0 radical (unpaired) electrons. The molecule has 0 atom stereocenters. The third kappa shape index (κ3) is 4.12. The maximum Gasteiger partial charge on any atom is 0.341 e. The van der Waals surface area contributed by atoms with Gasteiger partial charge in [0.2, 0.25) is 5.88 Å². The number of hydrogen-bond donors (Lipinski definition) is 1. The lowest BCUT2D eigenvalue weighted by Gasteiger charge is -2.09. The summed E-state index contributed by atoms with van der Waals surface area (Å²) in [5.74, 6) is -2.13. The normalized spacial score (nSPS) is 10.6. The summed E-state index contributed by atoms with van der Waals surface area (Å²) in [5.41, 5.74) is 1.26. The third-order valence-electron chi connectivity index (χ3n) is 3.36. The maximum absolute atomic E-state index is 13.7. The topological polar surface area (TPSA) is 72.3 Å². The summed E-state index contributed by atoms with van der Waals surface area (Å²) in [6, 6.07) is 11.0. The highest BCUT2D eigenvalue weighted by atomic mass is 35.5. The summed E-state index contributed by atoms with van der Waals surface area (Å²) < 4.78 is 32.0. The number of carbonyl (C=O) groups is 1. The first kappa shape index (κ1) is 17.8. The molecule has 0 fully saturated rings. The summed E-state index contributed by atoms with van der Waals surface area (Å²) in [6.45, 7) is -0.603. The fourth-order valence-electron chi connectivity index (χ4n) is 2.17. The first-order valence-corrected chi connectivity index (χ1v) is 7.75. The molecule has 0 unspecified atom stereocenters. The number of carboxylic acid groups (broad SMARTS) is 1. The van der Waals surface area contributed by atoms with Crippen molar-refractivity contribution in [2.45, 2.75) is 0 Å². The molecule has 0 aliphatic rings. The SMILES string of the molecule is O=C(O)COc1cc(-c2ccc(F)cc2)nc(-c2ccc(Cl)c(F)c2)n1. The zero-order valence-corrected chi connectivity index (χ0v) is 13.9. The van der Waals surface area contributed by atoms with Gasteiger partial charge in [0, 0.05) is 17.2 Å². The van der Waals surface area contributed by atoms with Crippen LogP contribution in [-0.4, -0.2) is 27.7 Å². The number of rotatable bonds is 5. The smallest absolute Gasteiger partial charge is 0.341 e. The molecule has 2 aromatic carbocycles. The van der Waals surface area contributed by atoms with Gasteiger partial charge in [0.15, 0.2) is 12.4 Å². The standard InChI is InChI=1S/C18H11ClF2N2O3/c19-13-6-3-11(7-14(13)21)18-22-15(10-1-4-12(20)5-2-10)8-16(23-18)26-9-17(24)25/h1-8H,9H2,(H,24,25). The Morgan fingerprint density at radius 3 is 2.38 bits per heavy atom. The van der Waals surface area contributed by atoms with Crippen molar-refractivity contribution in [3.8, 4) is 28.5 Å². The molecule has 0 saturated heterocycles. The van der Waals surface area contributed by atoms with Crippen LogP contribution < -0.4 is 4.74 Å². The number of ether oxygens (including phenoxy) is 1. The molecule has 3 rings (SSSR count). The van der Waals surface area contributed by atoms with Crippen LogP contribution in [0.4, 0.5) is 8.78 Å². The molecule has 5 nitrogen and oxygen atoms in total. The van der Waals surface area contributed by atoms with Crippen LogP contribution in [0.15, 0.2) is 48.5 Å². The Hall–Kier alpha value is -3.06. The Balaban J connectivity index is 2.08. The van der Waals surface area contributed by atoms with E-state index in [9.17, 15) is 13.6 Å². The third-order valence-corrected chi connectivity index (χ3v) is 3.67. The second-order valence-electron chi connectivity index (χ2n) is 5.23. The lowest BCUT2D eigenvalue weighted by Crippen LogP contribution is -2.11. The number of carboxylic acids is 1. The van der Waals surface area contributed by atoms with E-state index in [-0.39, 0.29) is 16.7 Å². The van der Waals surface area contributed by atoms with Crippen LogP contribution in [0.2, 0.25) is 5.02 Å². The van der Waals surface area contributed by atoms with Crippen molar-refractivity contribution < 1.29 is 23.4 Å². The highest BCUT2D eigenvalue weighted by Crippen LogP contribution is 2.27. The highest BCUT2D eigenvalue weighted by molar-refractivity contribution is 6.30. The lowest BCUT2D eigenvalue weighted by atomic mass is 10.1. The molecule has 3 aromatic rings. The minimum Gasteiger partial charge on any atom is -0.479 e. The maximum atomic E-state index is 13.7. The molecule has 0 aliphatic heterocycles. The van der Waals surface area contributed by atoms with Gasteiger partial charge in [-0.15, -0.1) is 0 Å². The summed E-state index contributed by atoms with van der Waals surface area (Å²) in [7, 11) is 0. The molecule has 0 spiro atoms. The first-order valence-electron chi connectivity index (χ1n) is 7.37. The van der Waals surface area contributed by atoms with Crippen LogP contribution in [0.3, 0.4) is 0 Å². The number of hydrogen-bond acceptors (Lipinski definition) is 4. The van der Waals surface area contributed by atoms with Crippen molar-refractivity contribution in [3.63, 3.8) is 0 Å². The predicted octanol–water partition coefficient (Wildman–Crippen LogP) is 4.21. The molecule has 0 bridgehead atoms. The summed E-state index contributed by atoms with van der Waals surface area (Å²) in [6.07, 6.45) is 0. The zero-order chi connectivity index (χ0) is 18.7. The van der Waals surface area contributed by atoms with E-state index < -0.39 is 24.2 Å². The second kappa shape index (κ2) is 7.45. The average molecular weight is 377 g/mol. The van der Waals surface area contributed by atoms with Crippen molar-refractivity contribution in [2.24, 2.45) is 0 Å². The van der Waals surface area contributed by atoms with Crippen molar-refractivity contribution in [1.82, 2.24) is 9.97 Å². The van der Waals surface area contributed by atoms with Crippen molar-refractivity contribution >= 4 is 17.6 Å². The van der Waals surface area contributed by atoms with E-state index in [2.05, 4.69) is 9.97 Å². The molecular weight excluding hydrogens is 366 g/mol. The van der Waals surface area contributed by atoms with Gasteiger partial charge in [-0.3, -0.25) is 0 Å². The fraction of sp³-hybridized carbons (Fsp3) is 0.0556. The Morgan fingerprint density at radius 1 is 1.04 bits per heavy atom. The minimum atomic E-state index is -1.17. The molecule has 1 aromatic heterocycles. The van der Waals surface area contributed by atoms with Gasteiger partial charge in [-0.1, -0.05) is 11.6 Å². The van der Waals surface area contributed by atoms with Crippen LogP contribution in [-0.2, 0) is 4.79 Å². The van der Waals surface area contributed by atoms with E-state index in [1.807, 2.05) is 0 Å². The summed E-state index contributed by atoms with van der Waals surface area (Å²) in [4.78, 5) is 19.2. The minimum absolute atomic E-state index is 0.00733. The number of aromatic nitrogens is 2.